The number of carbonyl (C=O) groups is 1. The Morgan fingerprint density at radius 2 is 2.06 bits per heavy atom. The van der Waals surface area contributed by atoms with E-state index < -0.39 is 5.91 Å². The second kappa shape index (κ2) is 9.49. The maximum Gasteiger partial charge on any atom is 0.265 e. The standard InChI is InChI=1S/C23H25N7O4/c1-32-18-5-6-24-23(33-2)19(18)22(31)28-17-12-25-29-20(17)21-26-15-4-3-14(11-16(15)27-21)13-30-7-9-34-10-8-30/h3-6,11-12H,7-10,13H2,1-2H3,(H,25,29)(H,26,27)(H,28,31). The SMILES string of the molecule is COc1ccnc(OC)c1C(=O)Nc1c[nH]nc1-c1nc2cc(CN3CCOCC3)ccc2[nH]1. The lowest BCUT2D eigenvalue weighted by Crippen LogP contribution is -2.35. The number of anilines is 1. The summed E-state index contributed by atoms with van der Waals surface area (Å²) in [5.41, 5.74) is 4.04. The number of imidazole rings is 1. The van der Waals surface area contributed by atoms with Crippen LogP contribution >= 0.6 is 0 Å². The quantitative estimate of drug-likeness (QED) is 0.381. The third kappa shape index (κ3) is 4.30. The van der Waals surface area contributed by atoms with Crippen molar-refractivity contribution in [3.05, 3.63) is 47.8 Å². The van der Waals surface area contributed by atoms with E-state index in [0.29, 0.717) is 23.0 Å². The van der Waals surface area contributed by atoms with Crippen LogP contribution in [0.2, 0.25) is 0 Å². The molecule has 1 saturated heterocycles. The minimum absolute atomic E-state index is 0.165. The maximum atomic E-state index is 13.1. The summed E-state index contributed by atoms with van der Waals surface area (Å²) >= 11 is 0. The van der Waals surface area contributed by atoms with Gasteiger partial charge in [0.2, 0.25) is 5.88 Å². The smallest absolute Gasteiger partial charge is 0.265 e. The molecular formula is C23H25N7O4. The number of nitrogens with zero attached hydrogens (tertiary/aromatic N) is 4. The first-order chi connectivity index (χ1) is 16.7. The molecule has 1 amide bonds. The number of methoxy groups -OCH3 is 2. The topological polar surface area (TPSA) is 130 Å². The fraction of sp³-hybridized carbons (Fsp3) is 0.304. The van der Waals surface area contributed by atoms with Gasteiger partial charge in [-0.1, -0.05) is 6.07 Å². The highest BCUT2D eigenvalue weighted by Crippen LogP contribution is 2.30. The summed E-state index contributed by atoms with van der Waals surface area (Å²) in [5, 5.41) is 9.95. The van der Waals surface area contributed by atoms with Crippen LogP contribution in [0.4, 0.5) is 5.69 Å². The minimum Gasteiger partial charge on any atom is -0.496 e. The number of pyridine rings is 1. The van der Waals surface area contributed by atoms with Crippen LogP contribution in [-0.4, -0.2) is 76.5 Å². The van der Waals surface area contributed by atoms with E-state index in [1.165, 1.54) is 26.0 Å². The molecule has 5 rings (SSSR count). The van der Waals surface area contributed by atoms with Gasteiger partial charge in [0.25, 0.3) is 5.91 Å². The lowest BCUT2D eigenvalue weighted by atomic mass is 10.2. The number of hydrogen-bond acceptors (Lipinski definition) is 8. The van der Waals surface area contributed by atoms with Gasteiger partial charge in [-0.05, 0) is 23.8 Å². The highest BCUT2D eigenvalue weighted by atomic mass is 16.5. The molecule has 3 aromatic heterocycles. The number of aromatic amines is 2. The number of hydrogen-bond donors (Lipinski definition) is 3. The predicted molar refractivity (Wildman–Crippen MR) is 125 cm³/mol. The molecule has 11 heteroatoms. The van der Waals surface area contributed by atoms with E-state index in [2.05, 4.69) is 42.5 Å². The molecule has 1 aliphatic heterocycles. The van der Waals surface area contributed by atoms with Gasteiger partial charge in [0, 0.05) is 32.0 Å². The third-order valence-corrected chi connectivity index (χ3v) is 5.69. The number of H-pyrrole nitrogens is 2. The predicted octanol–water partition coefficient (Wildman–Crippen LogP) is 2.45. The van der Waals surface area contributed by atoms with Crippen LogP contribution in [-0.2, 0) is 11.3 Å². The summed E-state index contributed by atoms with van der Waals surface area (Å²) in [5.74, 6) is 0.623. The second-order valence-corrected chi connectivity index (χ2v) is 7.82. The van der Waals surface area contributed by atoms with Crippen molar-refractivity contribution in [3.63, 3.8) is 0 Å². The molecular weight excluding hydrogens is 438 g/mol. The number of aromatic nitrogens is 5. The lowest BCUT2D eigenvalue weighted by Gasteiger charge is -2.26. The van der Waals surface area contributed by atoms with E-state index in [-0.39, 0.29) is 11.4 Å². The zero-order valence-corrected chi connectivity index (χ0v) is 18.9. The van der Waals surface area contributed by atoms with Crippen LogP contribution in [0.25, 0.3) is 22.6 Å². The van der Waals surface area contributed by atoms with Gasteiger partial charge in [0.15, 0.2) is 11.5 Å². The Bertz CT molecular complexity index is 1290. The van der Waals surface area contributed by atoms with Crippen molar-refractivity contribution in [2.75, 3.05) is 45.8 Å². The first-order valence-electron chi connectivity index (χ1n) is 10.9. The molecule has 34 heavy (non-hydrogen) atoms. The van der Waals surface area contributed by atoms with Gasteiger partial charge in [0.1, 0.15) is 11.3 Å². The summed E-state index contributed by atoms with van der Waals surface area (Å²) in [6, 6.07) is 7.77. The molecule has 0 bridgehead atoms. The highest BCUT2D eigenvalue weighted by Gasteiger charge is 2.22. The van der Waals surface area contributed by atoms with Crippen molar-refractivity contribution in [2.24, 2.45) is 0 Å². The molecule has 0 atom stereocenters. The lowest BCUT2D eigenvalue weighted by molar-refractivity contribution is 0.0342. The van der Waals surface area contributed by atoms with Crippen LogP contribution in [0.5, 0.6) is 11.6 Å². The Balaban J connectivity index is 1.39. The van der Waals surface area contributed by atoms with Gasteiger partial charge >= 0.3 is 0 Å². The first kappa shape index (κ1) is 21.9. The zero-order chi connectivity index (χ0) is 23.5. The summed E-state index contributed by atoms with van der Waals surface area (Å²) in [6.45, 7) is 4.22. The van der Waals surface area contributed by atoms with E-state index >= 15 is 0 Å². The molecule has 0 radical (unpaired) electrons. The minimum atomic E-state index is -0.437. The summed E-state index contributed by atoms with van der Waals surface area (Å²) < 4.78 is 16.0. The number of fused-ring (bicyclic) bond motifs is 1. The number of ether oxygens (including phenoxy) is 3. The Morgan fingerprint density at radius 3 is 2.85 bits per heavy atom. The van der Waals surface area contributed by atoms with Gasteiger partial charge in [-0.25, -0.2) is 9.97 Å². The Labute approximate surface area is 195 Å². The van der Waals surface area contributed by atoms with E-state index in [0.717, 1.165) is 43.9 Å². The molecule has 1 aliphatic rings. The van der Waals surface area contributed by atoms with Crippen molar-refractivity contribution >= 4 is 22.6 Å². The monoisotopic (exact) mass is 463 g/mol. The molecule has 176 valence electrons. The van der Waals surface area contributed by atoms with E-state index in [1.807, 2.05) is 6.07 Å². The zero-order valence-electron chi connectivity index (χ0n) is 18.9. The summed E-state index contributed by atoms with van der Waals surface area (Å²) in [6.07, 6.45) is 3.11. The fourth-order valence-electron chi connectivity index (χ4n) is 3.99. The normalized spacial score (nSPS) is 14.3. The average molecular weight is 463 g/mol. The van der Waals surface area contributed by atoms with Crippen molar-refractivity contribution in [2.45, 2.75) is 6.54 Å². The van der Waals surface area contributed by atoms with E-state index in [9.17, 15) is 4.79 Å². The second-order valence-electron chi connectivity index (χ2n) is 7.82. The maximum absolute atomic E-state index is 13.1. The van der Waals surface area contributed by atoms with Gasteiger partial charge in [-0.2, -0.15) is 5.10 Å². The van der Waals surface area contributed by atoms with Crippen LogP contribution in [0.15, 0.2) is 36.7 Å². The number of nitrogens with one attached hydrogen (secondary N) is 3. The fourth-order valence-corrected chi connectivity index (χ4v) is 3.99. The number of benzene rings is 1. The van der Waals surface area contributed by atoms with Crippen LogP contribution in [0, 0.1) is 0 Å². The number of rotatable bonds is 7. The summed E-state index contributed by atoms with van der Waals surface area (Å²) in [4.78, 5) is 27.5. The van der Waals surface area contributed by atoms with Crippen molar-refractivity contribution in [1.29, 1.82) is 0 Å². The van der Waals surface area contributed by atoms with Gasteiger partial charge in [0.05, 0.1) is 44.2 Å². The van der Waals surface area contributed by atoms with Crippen LogP contribution in [0.3, 0.4) is 0 Å². The van der Waals surface area contributed by atoms with Crippen LogP contribution < -0.4 is 14.8 Å². The largest absolute Gasteiger partial charge is 0.496 e. The van der Waals surface area contributed by atoms with Gasteiger partial charge in [-0.3, -0.25) is 14.8 Å². The van der Waals surface area contributed by atoms with E-state index in [4.69, 9.17) is 19.2 Å². The molecule has 1 fully saturated rings. The first-order valence-corrected chi connectivity index (χ1v) is 10.9. The molecule has 1 aromatic carbocycles. The Kier molecular flexibility index (Phi) is 6.11. The molecule has 11 nitrogen and oxygen atoms in total. The number of morpholine rings is 1. The van der Waals surface area contributed by atoms with Crippen molar-refractivity contribution < 1.29 is 19.0 Å². The van der Waals surface area contributed by atoms with Crippen molar-refractivity contribution in [3.8, 4) is 23.1 Å². The molecule has 0 aliphatic carbocycles. The van der Waals surface area contributed by atoms with Gasteiger partial charge < -0.3 is 24.5 Å². The van der Waals surface area contributed by atoms with Crippen LogP contribution in [0.1, 0.15) is 15.9 Å². The molecule has 4 heterocycles. The Hall–Kier alpha value is -3.96. The average Bonchev–Trinajstić information content (AvgIpc) is 3.50. The molecule has 0 spiro atoms. The molecule has 0 saturated carbocycles. The van der Waals surface area contributed by atoms with Gasteiger partial charge in [-0.15, -0.1) is 0 Å². The van der Waals surface area contributed by atoms with E-state index in [1.54, 1.807) is 12.3 Å². The van der Waals surface area contributed by atoms with Crippen molar-refractivity contribution in [1.82, 2.24) is 30.0 Å². The highest BCUT2D eigenvalue weighted by molar-refractivity contribution is 6.09. The third-order valence-electron chi connectivity index (χ3n) is 5.69. The summed E-state index contributed by atoms with van der Waals surface area (Å²) in [7, 11) is 2.93. The number of carbonyl (C=O) groups excluding carboxylic acids is 1. The Morgan fingerprint density at radius 1 is 1.21 bits per heavy atom. The number of amides is 1. The molecule has 0 unspecified atom stereocenters. The molecule has 4 aromatic rings. The molecule has 3 N–H and O–H groups in total.